The maximum Gasteiger partial charge on any atom is 0.119 e. The third-order valence-electron chi connectivity index (χ3n) is 4.38. The second kappa shape index (κ2) is 6.80. The van der Waals surface area contributed by atoms with Gasteiger partial charge in [-0.15, -0.1) is 0 Å². The lowest BCUT2D eigenvalue weighted by molar-refractivity contribution is 0.117. The molecule has 1 saturated carbocycles. The average Bonchev–Trinajstić information content (AvgIpc) is 3.21. The zero-order valence-electron chi connectivity index (χ0n) is 13.2. The number of ether oxygens (including phenoxy) is 2. The van der Waals surface area contributed by atoms with E-state index in [0.29, 0.717) is 24.2 Å². The van der Waals surface area contributed by atoms with E-state index >= 15 is 0 Å². The first-order valence-corrected chi connectivity index (χ1v) is 8.38. The van der Waals surface area contributed by atoms with Crippen LogP contribution in [-0.4, -0.2) is 25.4 Å². The molecule has 3 unspecified atom stereocenters. The van der Waals surface area contributed by atoms with Gasteiger partial charge in [0.1, 0.15) is 5.75 Å². The summed E-state index contributed by atoms with van der Waals surface area (Å²) in [5.41, 5.74) is 1.36. The van der Waals surface area contributed by atoms with Gasteiger partial charge in [-0.05, 0) is 56.8 Å². The third-order valence-corrected chi connectivity index (χ3v) is 4.38. The quantitative estimate of drug-likeness (QED) is 0.830. The lowest BCUT2D eigenvalue weighted by atomic mass is 9.91. The summed E-state index contributed by atoms with van der Waals surface area (Å²) in [5, 5.41) is 3.70. The molecule has 116 valence electrons. The molecule has 21 heavy (non-hydrogen) atoms. The first-order chi connectivity index (χ1) is 10.3. The van der Waals surface area contributed by atoms with E-state index in [-0.39, 0.29) is 0 Å². The molecule has 3 nitrogen and oxygen atoms in total. The predicted molar refractivity (Wildman–Crippen MR) is 84.6 cm³/mol. The Morgan fingerprint density at radius 2 is 2.05 bits per heavy atom. The summed E-state index contributed by atoms with van der Waals surface area (Å²) in [7, 11) is 0. The zero-order valence-corrected chi connectivity index (χ0v) is 13.2. The fraction of sp³-hybridized carbons (Fsp3) is 0.667. The Morgan fingerprint density at radius 1 is 1.29 bits per heavy atom. The van der Waals surface area contributed by atoms with Gasteiger partial charge in [-0.3, -0.25) is 0 Å². The Balaban J connectivity index is 1.68. The van der Waals surface area contributed by atoms with Crippen LogP contribution in [0.25, 0.3) is 0 Å². The van der Waals surface area contributed by atoms with Crippen LogP contribution in [0.1, 0.15) is 51.1 Å². The molecule has 1 aromatic carbocycles. The van der Waals surface area contributed by atoms with Gasteiger partial charge in [-0.1, -0.05) is 19.1 Å². The maximum absolute atomic E-state index is 5.84. The SMILES string of the molecule is CCCNC(c1ccc(OC2CC2)cc1)C1COC(C)C1. The van der Waals surface area contributed by atoms with Crippen LogP contribution < -0.4 is 10.1 Å². The third kappa shape index (κ3) is 3.98. The molecule has 0 spiro atoms. The van der Waals surface area contributed by atoms with E-state index in [9.17, 15) is 0 Å². The molecule has 2 aliphatic rings. The average molecular weight is 289 g/mol. The first kappa shape index (κ1) is 14.9. The van der Waals surface area contributed by atoms with E-state index < -0.39 is 0 Å². The Morgan fingerprint density at radius 3 is 2.62 bits per heavy atom. The molecule has 1 aromatic rings. The second-order valence-corrected chi connectivity index (χ2v) is 6.46. The van der Waals surface area contributed by atoms with E-state index in [1.54, 1.807) is 0 Å². The lowest BCUT2D eigenvalue weighted by Crippen LogP contribution is -2.29. The normalized spacial score (nSPS) is 26.8. The maximum atomic E-state index is 5.84. The minimum absolute atomic E-state index is 0.387. The van der Waals surface area contributed by atoms with Crippen LogP contribution in [0.4, 0.5) is 0 Å². The van der Waals surface area contributed by atoms with Gasteiger partial charge in [-0.25, -0.2) is 0 Å². The monoisotopic (exact) mass is 289 g/mol. The van der Waals surface area contributed by atoms with Crippen LogP contribution in [0.5, 0.6) is 5.75 Å². The van der Waals surface area contributed by atoms with Crippen molar-refractivity contribution in [2.45, 2.75) is 57.8 Å². The van der Waals surface area contributed by atoms with Gasteiger partial charge in [0.15, 0.2) is 0 Å². The van der Waals surface area contributed by atoms with Crippen molar-refractivity contribution >= 4 is 0 Å². The molecular weight excluding hydrogens is 262 g/mol. The molecule has 1 aliphatic carbocycles. The number of hydrogen-bond acceptors (Lipinski definition) is 3. The van der Waals surface area contributed by atoms with Crippen molar-refractivity contribution in [2.24, 2.45) is 5.92 Å². The predicted octanol–water partition coefficient (Wildman–Crippen LogP) is 3.69. The van der Waals surface area contributed by atoms with Crippen molar-refractivity contribution in [3.63, 3.8) is 0 Å². The fourth-order valence-corrected chi connectivity index (χ4v) is 3.07. The Kier molecular flexibility index (Phi) is 4.81. The Labute approximate surface area is 128 Å². The summed E-state index contributed by atoms with van der Waals surface area (Å²) in [6, 6.07) is 9.06. The topological polar surface area (TPSA) is 30.5 Å². The molecule has 0 radical (unpaired) electrons. The summed E-state index contributed by atoms with van der Waals surface area (Å²) in [6.07, 6.45) is 5.57. The van der Waals surface area contributed by atoms with Crippen molar-refractivity contribution in [2.75, 3.05) is 13.2 Å². The number of hydrogen-bond donors (Lipinski definition) is 1. The van der Waals surface area contributed by atoms with Crippen LogP contribution in [0.15, 0.2) is 24.3 Å². The highest BCUT2D eigenvalue weighted by atomic mass is 16.5. The Bertz CT molecular complexity index is 441. The largest absolute Gasteiger partial charge is 0.490 e. The molecule has 0 aromatic heterocycles. The highest BCUT2D eigenvalue weighted by Gasteiger charge is 2.30. The lowest BCUT2D eigenvalue weighted by Gasteiger charge is -2.24. The van der Waals surface area contributed by atoms with Gasteiger partial charge in [0.05, 0.1) is 18.8 Å². The second-order valence-electron chi connectivity index (χ2n) is 6.46. The molecule has 1 saturated heterocycles. The number of rotatable bonds is 7. The molecular formula is C18H27NO2. The highest BCUT2D eigenvalue weighted by molar-refractivity contribution is 5.30. The van der Waals surface area contributed by atoms with Crippen LogP contribution in [-0.2, 0) is 4.74 Å². The summed E-state index contributed by atoms with van der Waals surface area (Å²) in [6.45, 7) is 6.30. The molecule has 1 N–H and O–H groups in total. The van der Waals surface area contributed by atoms with Gasteiger partial charge in [0.2, 0.25) is 0 Å². The number of nitrogens with one attached hydrogen (secondary N) is 1. The van der Waals surface area contributed by atoms with Gasteiger partial charge >= 0.3 is 0 Å². The smallest absolute Gasteiger partial charge is 0.119 e. The summed E-state index contributed by atoms with van der Waals surface area (Å²) in [4.78, 5) is 0. The van der Waals surface area contributed by atoms with Crippen molar-refractivity contribution in [1.29, 1.82) is 0 Å². The van der Waals surface area contributed by atoms with E-state index in [2.05, 4.69) is 43.4 Å². The van der Waals surface area contributed by atoms with E-state index in [1.165, 1.54) is 18.4 Å². The van der Waals surface area contributed by atoms with Crippen molar-refractivity contribution in [3.05, 3.63) is 29.8 Å². The number of benzene rings is 1. The van der Waals surface area contributed by atoms with Gasteiger partial charge in [0, 0.05) is 12.0 Å². The molecule has 1 aliphatic heterocycles. The van der Waals surface area contributed by atoms with Crippen LogP contribution in [0.2, 0.25) is 0 Å². The molecule has 0 bridgehead atoms. The van der Waals surface area contributed by atoms with Crippen LogP contribution >= 0.6 is 0 Å². The molecule has 3 atom stereocenters. The standard InChI is InChI=1S/C18H27NO2/c1-3-10-19-18(15-11-13(2)20-12-15)14-4-6-16(7-5-14)21-17-8-9-17/h4-7,13,15,17-19H,3,8-12H2,1-2H3. The van der Waals surface area contributed by atoms with Gasteiger partial charge in [0.25, 0.3) is 0 Å². The minimum Gasteiger partial charge on any atom is -0.490 e. The van der Waals surface area contributed by atoms with E-state index in [0.717, 1.165) is 31.7 Å². The fourth-order valence-electron chi connectivity index (χ4n) is 3.07. The zero-order chi connectivity index (χ0) is 14.7. The molecule has 0 amide bonds. The van der Waals surface area contributed by atoms with Crippen molar-refractivity contribution in [1.82, 2.24) is 5.32 Å². The molecule has 3 rings (SSSR count). The summed E-state index contributed by atoms with van der Waals surface area (Å²) in [5.74, 6) is 1.58. The minimum atomic E-state index is 0.387. The van der Waals surface area contributed by atoms with E-state index in [4.69, 9.17) is 9.47 Å². The van der Waals surface area contributed by atoms with Gasteiger partial charge < -0.3 is 14.8 Å². The van der Waals surface area contributed by atoms with Gasteiger partial charge in [-0.2, -0.15) is 0 Å². The highest BCUT2D eigenvalue weighted by Crippen LogP contribution is 2.33. The summed E-state index contributed by atoms with van der Waals surface area (Å²) >= 11 is 0. The molecule has 1 heterocycles. The summed E-state index contributed by atoms with van der Waals surface area (Å²) < 4.78 is 11.6. The van der Waals surface area contributed by atoms with Crippen molar-refractivity contribution in [3.8, 4) is 5.75 Å². The molecule has 3 heteroatoms. The van der Waals surface area contributed by atoms with Crippen LogP contribution in [0, 0.1) is 5.92 Å². The Hall–Kier alpha value is -1.06. The first-order valence-electron chi connectivity index (χ1n) is 8.38. The van der Waals surface area contributed by atoms with Crippen molar-refractivity contribution < 1.29 is 9.47 Å². The van der Waals surface area contributed by atoms with Crippen LogP contribution in [0.3, 0.4) is 0 Å². The molecule has 2 fully saturated rings. The van der Waals surface area contributed by atoms with E-state index in [1.807, 2.05) is 0 Å².